The molecule has 1 amide bonds. The fourth-order valence-electron chi connectivity index (χ4n) is 4.47. The molecule has 9 nitrogen and oxygen atoms in total. The number of amides is 1. The van der Waals surface area contributed by atoms with E-state index < -0.39 is 21.9 Å². The summed E-state index contributed by atoms with van der Waals surface area (Å²) in [5, 5.41) is 3.37. The molecular formula is C24H30N4O5S2. The lowest BCUT2D eigenvalue weighted by Crippen LogP contribution is -2.44. The maximum atomic E-state index is 13.7. The SMILES string of the molecule is CCOC(=O)c1c(S(=O)(=O)N2CCCC(C(=O)Nc3nc4ccc(C)cc4s3)C2)c(C)n(C)c1C. The molecule has 1 aromatic carbocycles. The van der Waals surface area contributed by atoms with E-state index in [4.69, 9.17) is 4.74 Å². The first-order valence-corrected chi connectivity index (χ1v) is 13.8. The van der Waals surface area contributed by atoms with Crippen molar-refractivity contribution in [3.05, 3.63) is 40.7 Å². The Morgan fingerprint density at radius 2 is 1.97 bits per heavy atom. The van der Waals surface area contributed by atoms with Gasteiger partial charge in [0.15, 0.2) is 5.13 Å². The van der Waals surface area contributed by atoms with Crippen molar-refractivity contribution in [1.29, 1.82) is 0 Å². The summed E-state index contributed by atoms with van der Waals surface area (Å²) in [5.41, 5.74) is 2.97. The quantitative estimate of drug-likeness (QED) is 0.497. The molecule has 1 saturated heterocycles. The fourth-order valence-corrected chi connectivity index (χ4v) is 7.44. The van der Waals surface area contributed by atoms with Crippen molar-refractivity contribution in [1.82, 2.24) is 13.9 Å². The number of nitrogens with one attached hydrogen (secondary N) is 1. The zero-order chi connectivity index (χ0) is 25.5. The lowest BCUT2D eigenvalue weighted by atomic mass is 9.99. The number of carbonyl (C=O) groups excluding carboxylic acids is 2. The van der Waals surface area contributed by atoms with Gasteiger partial charge >= 0.3 is 5.97 Å². The second-order valence-corrected chi connectivity index (χ2v) is 11.7. The van der Waals surface area contributed by atoms with Gasteiger partial charge in [-0.15, -0.1) is 0 Å². The molecule has 35 heavy (non-hydrogen) atoms. The van der Waals surface area contributed by atoms with Crippen molar-refractivity contribution in [3.63, 3.8) is 0 Å². The van der Waals surface area contributed by atoms with Crippen molar-refractivity contribution in [2.24, 2.45) is 13.0 Å². The molecule has 1 unspecified atom stereocenters. The molecule has 1 aliphatic heterocycles. The summed E-state index contributed by atoms with van der Waals surface area (Å²) in [7, 11) is -2.31. The fraction of sp³-hybridized carbons (Fsp3) is 0.458. The van der Waals surface area contributed by atoms with Crippen LogP contribution in [0.25, 0.3) is 10.2 Å². The number of sulfonamides is 1. The second kappa shape index (κ2) is 9.71. The molecule has 1 aliphatic rings. The Balaban J connectivity index is 1.58. The number of aromatic nitrogens is 2. The first-order chi connectivity index (χ1) is 16.5. The van der Waals surface area contributed by atoms with Gasteiger partial charge in [-0.3, -0.25) is 4.79 Å². The molecule has 188 valence electrons. The van der Waals surface area contributed by atoms with E-state index in [1.165, 1.54) is 15.6 Å². The molecule has 3 aromatic rings. The second-order valence-electron chi connectivity index (χ2n) is 8.84. The number of carbonyl (C=O) groups is 2. The van der Waals surface area contributed by atoms with E-state index >= 15 is 0 Å². The molecule has 4 rings (SSSR count). The van der Waals surface area contributed by atoms with Crippen molar-refractivity contribution < 1.29 is 22.7 Å². The van der Waals surface area contributed by atoms with Gasteiger partial charge in [-0.1, -0.05) is 17.4 Å². The Hall–Kier alpha value is -2.76. The van der Waals surface area contributed by atoms with Crippen LogP contribution in [0.5, 0.6) is 0 Å². The number of benzene rings is 1. The normalized spacial score (nSPS) is 17.0. The lowest BCUT2D eigenvalue weighted by Gasteiger charge is -2.31. The van der Waals surface area contributed by atoms with Crippen LogP contribution in [0.3, 0.4) is 0 Å². The standard InChI is InChI=1S/C24H30N4O5S2/c1-6-33-23(30)20-15(3)27(5)16(4)21(20)35(31,32)28-11-7-8-17(13-28)22(29)26-24-25-18-10-9-14(2)12-19(18)34-24/h9-10,12,17H,6-8,11,13H2,1-5H3,(H,25,26,29). The number of anilines is 1. The van der Waals surface area contributed by atoms with E-state index in [9.17, 15) is 18.0 Å². The third kappa shape index (κ3) is 4.72. The monoisotopic (exact) mass is 518 g/mol. The summed E-state index contributed by atoms with van der Waals surface area (Å²) < 4.78 is 36.6. The van der Waals surface area contributed by atoms with Crippen LogP contribution in [-0.2, 0) is 26.6 Å². The van der Waals surface area contributed by atoms with Gasteiger partial charge in [-0.2, -0.15) is 4.31 Å². The van der Waals surface area contributed by atoms with E-state index in [0.717, 1.165) is 15.8 Å². The van der Waals surface area contributed by atoms with Crippen LogP contribution in [0.1, 0.15) is 47.1 Å². The first kappa shape index (κ1) is 25.3. The highest BCUT2D eigenvalue weighted by Crippen LogP contribution is 2.33. The number of fused-ring (bicyclic) bond motifs is 1. The Labute approximate surface area is 209 Å². The minimum atomic E-state index is -4.03. The van der Waals surface area contributed by atoms with Crippen LogP contribution in [-0.4, -0.2) is 53.8 Å². The van der Waals surface area contributed by atoms with Crippen LogP contribution >= 0.6 is 11.3 Å². The maximum Gasteiger partial charge on any atom is 0.341 e. The van der Waals surface area contributed by atoms with Crippen LogP contribution in [0.15, 0.2) is 23.1 Å². The largest absolute Gasteiger partial charge is 0.462 e. The highest BCUT2D eigenvalue weighted by atomic mass is 32.2. The highest BCUT2D eigenvalue weighted by Gasteiger charge is 2.39. The highest BCUT2D eigenvalue weighted by molar-refractivity contribution is 7.89. The van der Waals surface area contributed by atoms with Crippen molar-refractivity contribution in [2.45, 2.75) is 45.4 Å². The molecule has 3 heterocycles. The van der Waals surface area contributed by atoms with Gasteiger partial charge in [0.05, 0.1) is 22.7 Å². The number of rotatable bonds is 6. The Morgan fingerprint density at radius 1 is 1.23 bits per heavy atom. The molecule has 0 radical (unpaired) electrons. The van der Waals surface area contributed by atoms with Crippen molar-refractivity contribution in [3.8, 4) is 0 Å². The summed E-state index contributed by atoms with van der Waals surface area (Å²) in [6.07, 6.45) is 1.11. The predicted molar refractivity (Wildman–Crippen MR) is 135 cm³/mol. The van der Waals surface area contributed by atoms with Gasteiger partial charge in [-0.05, 0) is 58.2 Å². The van der Waals surface area contributed by atoms with E-state index in [1.807, 2.05) is 25.1 Å². The van der Waals surface area contributed by atoms with Crippen LogP contribution in [0.4, 0.5) is 5.13 Å². The van der Waals surface area contributed by atoms with Crippen LogP contribution < -0.4 is 5.32 Å². The number of nitrogens with zero attached hydrogens (tertiary/aromatic N) is 3. The summed E-state index contributed by atoms with van der Waals surface area (Å²) >= 11 is 1.39. The van der Waals surface area contributed by atoms with E-state index in [0.29, 0.717) is 29.4 Å². The molecular weight excluding hydrogens is 488 g/mol. The Bertz CT molecular complexity index is 1410. The summed E-state index contributed by atoms with van der Waals surface area (Å²) in [4.78, 5) is 30.2. The van der Waals surface area contributed by atoms with Gasteiger partial charge < -0.3 is 14.6 Å². The minimum absolute atomic E-state index is 0.0355. The Kier molecular flexibility index (Phi) is 7.03. The smallest absolute Gasteiger partial charge is 0.341 e. The zero-order valence-corrected chi connectivity index (χ0v) is 22.2. The molecule has 0 bridgehead atoms. The van der Waals surface area contributed by atoms with Gasteiger partial charge in [0.25, 0.3) is 0 Å². The molecule has 1 fully saturated rings. The van der Waals surface area contributed by atoms with Gasteiger partial charge in [0.1, 0.15) is 10.5 Å². The molecule has 2 aromatic heterocycles. The molecule has 0 spiro atoms. The number of ether oxygens (including phenoxy) is 1. The summed E-state index contributed by atoms with van der Waals surface area (Å²) in [6.45, 7) is 7.50. The average Bonchev–Trinajstić information content (AvgIpc) is 3.32. The topological polar surface area (TPSA) is 111 Å². The molecule has 1 atom stereocenters. The number of hydrogen-bond donors (Lipinski definition) is 1. The van der Waals surface area contributed by atoms with Crippen LogP contribution in [0, 0.1) is 26.7 Å². The number of thiazole rings is 1. The number of hydrogen-bond acceptors (Lipinski definition) is 7. The number of aryl methyl sites for hydroxylation is 1. The van der Waals surface area contributed by atoms with Gasteiger partial charge in [-0.25, -0.2) is 18.2 Å². The first-order valence-electron chi connectivity index (χ1n) is 11.6. The maximum absolute atomic E-state index is 13.7. The number of esters is 1. The zero-order valence-electron chi connectivity index (χ0n) is 20.5. The van der Waals surface area contributed by atoms with Crippen LogP contribution in [0.2, 0.25) is 0 Å². The predicted octanol–water partition coefficient (Wildman–Crippen LogP) is 3.78. The average molecular weight is 519 g/mol. The number of piperidine rings is 1. The minimum Gasteiger partial charge on any atom is -0.462 e. The van der Waals surface area contributed by atoms with Gasteiger partial charge in [0, 0.05) is 31.5 Å². The third-order valence-corrected chi connectivity index (χ3v) is 9.49. The lowest BCUT2D eigenvalue weighted by molar-refractivity contribution is -0.120. The van der Waals surface area contributed by atoms with E-state index in [1.54, 1.807) is 32.4 Å². The van der Waals surface area contributed by atoms with Crippen molar-refractivity contribution in [2.75, 3.05) is 25.0 Å². The molecule has 11 heteroatoms. The van der Waals surface area contributed by atoms with Crippen molar-refractivity contribution >= 4 is 48.6 Å². The summed E-state index contributed by atoms with van der Waals surface area (Å²) in [5.74, 6) is -1.44. The Morgan fingerprint density at radius 3 is 2.69 bits per heavy atom. The molecule has 0 aliphatic carbocycles. The summed E-state index contributed by atoms with van der Waals surface area (Å²) in [6, 6.07) is 5.90. The molecule has 0 saturated carbocycles. The third-order valence-electron chi connectivity index (χ3n) is 6.53. The molecule has 1 N–H and O–H groups in total. The van der Waals surface area contributed by atoms with Gasteiger partial charge in [0.2, 0.25) is 15.9 Å². The van der Waals surface area contributed by atoms with E-state index in [-0.39, 0.29) is 36.1 Å². The van der Waals surface area contributed by atoms with E-state index in [2.05, 4.69) is 10.3 Å².